The maximum absolute atomic E-state index is 2.41. The second-order valence-electron chi connectivity index (χ2n) is 7.06. The molecule has 0 amide bonds. The topological polar surface area (TPSA) is 4.93 Å². The third-order valence-corrected chi connectivity index (χ3v) is 6.38. The molecule has 4 aromatic carbocycles. The normalized spacial score (nSPS) is 11.6. The molecule has 0 atom stereocenters. The number of rotatable bonds is 2. The van der Waals surface area contributed by atoms with Gasteiger partial charge < -0.3 is 4.57 Å². The lowest BCUT2D eigenvalue weighted by Crippen LogP contribution is -1.94. The van der Waals surface area contributed by atoms with Gasteiger partial charge in [0.25, 0.3) is 0 Å². The summed E-state index contributed by atoms with van der Waals surface area (Å²) in [7, 11) is 0. The molecule has 0 spiro atoms. The van der Waals surface area contributed by atoms with E-state index in [1.165, 1.54) is 48.7 Å². The Balaban J connectivity index is 1.66. The Morgan fingerprint density at radius 3 is 2.14 bits per heavy atom. The fourth-order valence-corrected chi connectivity index (χ4v) is 4.99. The Hall–Kier alpha value is -3.36. The van der Waals surface area contributed by atoms with Crippen LogP contribution in [-0.2, 0) is 0 Å². The minimum absolute atomic E-state index is 1.20. The summed E-state index contributed by atoms with van der Waals surface area (Å²) in [5, 5.41) is 6.13. The second-order valence-corrected chi connectivity index (χ2v) is 8.01. The summed E-state index contributed by atoms with van der Waals surface area (Å²) in [4.78, 5) is 0. The van der Waals surface area contributed by atoms with Gasteiger partial charge in [-0.3, -0.25) is 0 Å². The lowest BCUT2D eigenvalue weighted by atomic mass is 10.1. The standard InChI is InChI=1S/C26H17NS/c1-2-6-18(7-3-1)19-10-12-20(13-11-19)27-24-9-5-4-8-21(24)22-14-15-25-23(26(22)27)16-17-28-25/h1-17H. The molecule has 0 aliphatic rings. The molecule has 2 heteroatoms. The summed E-state index contributed by atoms with van der Waals surface area (Å²) in [6.07, 6.45) is 0. The van der Waals surface area contributed by atoms with E-state index < -0.39 is 0 Å². The number of thiophene rings is 1. The SMILES string of the molecule is c1ccc(-c2ccc(-n3c4ccccc4c4ccc5sccc5c43)cc2)cc1. The predicted molar refractivity (Wildman–Crippen MR) is 122 cm³/mol. The Bertz CT molecular complexity index is 1440. The molecule has 0 saturated heterocycles. The van der Waals surface area contributed by atoms with Gasteiger partial charge in [0.15, 0.2) is 0 Å². The van der Waals surface area contributed by atoms with Crippen molar-refractivity contribution < 1.29 is 0 Å². The lowest BCUT2D eigenvalue weighted by molar-refractivity contribution is 1.19. The number of nitrogens with zero attached hydrogens (tertiary/aromatic N) is 1. The van der Waals surface area contributed by atoms with Crippen LogP contribution in [0.25, 0.3) is 48.7 Å². The summed E-state index contributed by atoms with van der Waals surface area (Å²) < 4.78 is 3.74. The number of para-hydroxylation sites is 1. The summed E-state index contributed by atoms with van der Waals surface area (Å²) in [5.74, 6) is 0. The zero-order valence-corrected chi connectivity index (χ0v) is 16.0. The van der Waals surface area contributed by atoms with E-state index in [2.05, 4.69) is 107 Å². The van der Waals surface area contributed by atoms with Crippen LogP contribution < -0.4 is 0 Å². The molecule has 0 aliphatic heterocycles. The van der Waals surface area contributed by atoms with E-state index in [4.69, 9.17) is 0 Å². The Kier molecular flexibility index (Phi) is 3.40. The maximum Gasteiger partial charge on any atom is 0.0627 e. The molecule has 132 valence electrons. The number of hydrogen-bond acceptors (Lipinski definition) is 1. The van der Waals surface area contributed by atoms with Crippen LogP contribution in [0.4, 0.5) is 0 Å². The Morgan fingerprint density at radius 2 is 1.29 bits per heavy atom. The molecule has 0 bridgehead atoms. The van der Waals surface area contributed by atoms with Crippen LogP contribution in [0.5, 0.6) is 0 Å². The van der Waals surface area contributed by atoms with E-state index in [9.17, 15) is 0 Å². The monoisotopic (exact) mass is 375 g/mol. The molecule has 28 heavy (non-hydrogen) atoms. The van der Waals surface area contributed by atoms with Crippen LogP contribution in [0.1, 0.15) is 0 Å². The van der Waals surface area contributed by atoms with E-state index in [0.717, 1.165) is 0 Å². The second kappa shape index (κ2) is 6.08. The van der Waals surface area contributed by atoms with E-state index in [0.29, 0.717) is 0 Å². The van der Waals surface area contributed by atoms with Gasteiger partial charge in [-0.25, -0.2) is 0 Å². The third-order valence-electron chi connectivity index (χ3n) is 5.50. The highest BCUT2D eigenvalue weighted by molar-refractivity contribution is 7.17. The highest BCUT2D eigenvalue weighted by Crippen LogP contribution is 2.38. The lowest BCUT2D eigenvalue weighted by Gasteiger charge is -2.10. The number of benzene rings is 4. The average Bonchev–Trinajstić information content (AvgIpc) is 3.37. The number of aromatic nitrogens is 1. The smallest absolute Gasteiger partial charge is 0.0627 e. The van der Waals surface area contributed by atoms with Gasteiger partial charge in [0, 0.05) is 26.5 Å². The molecule has 0 aliphatic carbocycles. The van der Waals surface area contributed by atoms with Crippen molar-refractivity contribution in [3.05, 3.63) is 102 Å². The molecule has 0 unspecified atom stereocenters. The molecular weight excluding hydrogens is 358 g/mol. The van der Waals surface area contributed by atoms with Gasteiger partial charge >= 0.3 is 0 Å². The number of fused-ring (bicyclic) bond motifs is 5. The van der Waals surface area contributed by atoms with Gasteiger partial charge in [-0.05, 0) is 46.8 Å². The molecule has 0 fully saturated rings. The van der Waals surface area contributed by atoms with Crippen LogP contribution in [0, 0.1) is 0 Å². The molecule has 0 radical (unpaired) electrons. The predicted octanol–water partition coefficient (Wildman–Crippen LogP) is 7.67. The fraction of sp³-hybridized carbons (Fsp3) is 0. The molecule has 1 nitrogen and oxygen atoms in total. The average molecular weight is 375 g/mol. The first-order valence-electron chi connectivity index (χ1n) is 9.45. The largest absolute Gasteiger partial charge is 0.309 e. The fourth-order valence-electron chi connectivity index (χ4n) is 4.21. The first kappa shape index (κ1) is 15.7. The third kappa shape index (κ3) is 2.25. The van der Waals surface area contributed by atoms with Crippen molar-refractivity contribution in [1.82, 2.24) is 4.57 Å². The minimum atomic E-state index is 1.20. The van der Waals surface area contributed by atoms with Gasteiger partial charge in [-0.1, -0.05) is 66.7 Å². The molecule has 2 heterocycles. The quantitative estimate of drug-likeness (QED) is 0.293. The van der Waals surface area contributed by atoms with E-state index >= 15 is 0 Å². The van der Waals surface area contributed by atoms with E-state index in [-0.39, 0.29) is 0 Å². The molecule has 2 aromatic heterocycles. The van der Waals surface area contributed by atoms with Gasteiger partial charge in [-0.15, -0.1) is 11.3 Å². The first-order chi connectivity index (χ1) is 13.9. The Morgan fingerprint density at radius 1 is 0.536 bits per heavy atom. The van der Waals surface area contributed by atoms with Crippen LogP contribution in [0.2, 0.25) is 0 Å². The maximum atomic E-state index is 2.41. The van der Waals surface area contributed by atoms with Gasteiger partial charge in [-0.2, -0.15) is 0 Å². The van der Waals surface area contributed by atoms with Crippen molar-refractivity contribution >= 4 is 43.2 Å². The van der Waals surface area contributed by atoms with Crippen LogP contribution in [0.15, 0.2) is 102 Å². The van der Waals surface area contributed by atoms with Crippen molar-refractivity contribution in [1.29, 1.82) is 0 Å². The van der Waals surface area contributed by atoms with Crippen molar-refractivity contribution in [2.24, 2.45) is 0 Å². The molecule has 0 saturated carbocycles. The summed E-state index contributed by atoms with van der Waals surface area (Å²) in [6, 6.07) is 34.9. The van der Waals surface area contributed by atoms with Crippen molar-refractivity contribution in [3.63, 3.8) is 0 Å². The number of hydrogen-bond donors (Lipinski definition) is 0. The van der Waals surface area contributed by atoms with Crippen LogP contribution in [0.3, 0.4) is 0 Å². The summed E-state index contributed by atoms with van der Waals surface area (Å²) in [6.45, 7) is 0. The Labute approximate surface area is 167 Å². The summed E-state index contributed by atoms with van der Waals surface area (Å²) >= 11 is 1.80. The molecular formula is C26H17NS. The molecule has 6 aromatic rings. The van der Waals surface area contributed by atoms with Gasteiger partial charge in [0.2, 0.25) is 0 Å². The minimum Gasteiger partial charge on any atom is -0.309 e. The van der Waals surface area contributed by atoms with Gasteiger partial charge in [0.1, 0.15) is 0 Å². The molecule has 6 rings (SSSR count). The van der Waals surface area contributed by atoms with Crippen LogP contribution in [-0.4, -0.2) is 4.57 Å². The highest BCUT2D eigenvalue weighted by Gasteiger charge is 2.15. The van der Waals surface area contributed by atoms with Crippen molar-refractivity contribution in [2.75, 3.05) is 0 Å². The highest BCUT2D eigenvalue weighted by atomic mass is 32.1. The van der Waals surface area contributed by atoms with Gasteiger partial charge in [0.05, 0.1) is 11.0 Å². The summed E-state index contributed by atoms with van der Waals surface area (Å²) in [5.41, 5.74) is 6.24. The molecule has 0 N–H and O–H groups in total. The van der Waals surface area contributed by atoms with E-state index in [1.807, 2.05) is 0 Å². The van der Waals surface area contributed by atoms with E-state index in [1.54, 1.807) is 11.3 Å². The first-order valence-corrected chi connectivity index (χ1v) is 10.3. The van der Waals surface area contributed by atoms with Crippen molar-refractivity contribution in [3.8, 4) is 16.8 Å². The van der Waals surface area contributed by atoms with Crippen LogP contribution >= 0.6 is 11.3 Å². The zero-order valence-electron chi connectivity index (χ0n) is 15.2. The van der Waals surface area contributed by atoms with Crippen molar-refractivity contribution in [2.45, 2.75) is 0 Å². The zero-order chi connectivity index (χ0) is 18.5.